The minimum Gasteiger partial charge on any atom is -0.453 e. The van der Waals surface area contributed by atoms with Gasteiger partial charge in [-0.1, -0.05) is 23.4 Å². The molecule has 1 amide bonds. The van der Waals surface area contributed by atoms with Crippen LogP contribution in [0.15, 0.2) is 58.1 Å². The second-order valence-electron chi connectivity index (χ2n) is 6.00. The van der Waals surface area contributed by atoms with Crippen molar-refractivity contribution in [3.63, 3.8) is 0 Å². The van der Waals surface area contributed by atoms with Gasteiger partial charge in [0.25, 0.3) is 0 Å². The van der Waals surface area contributed by atoms with Gasteiger partial charge in [-0.2, -0.15) is 0 Å². The third-order valence-corrected chi connectivity index (χ3v) is 5.25. The van der Waals surface area contributed by atoms with Crippen LogP contribution in [0.5, 0.6) is 0 Å². The van der Waals surface area contributed by atoms with Gasteiger partial charge in [0.1, 0.15) is 11.4 Å². The van der Waals surface area contributed by atoms with E-state index in [4.69, 9.17) is 16.0 Å². The molecule has 0 spiro atoms. The summed E-state index contributed by atoms with van der Waals surface area (Å²) in [5.41, 5.74) is 1.24. The van der Waals surface area contributed by atoms with Gasteiger partial charge in [0, 0.05) is 23.1 Å². The summed E-state index contributed by atoms with van der Waals surface area (Å²) >= 11 is 7.25. The van der Waals surface area contributed by atoms with Gasteiger partial charge in [0.2, 0.25) is 5.91 Å². The Morgan fingerprint density at radius 1 is 1.21 bits per heavy atom. The average Bonchev–Trinajstić information content (AvgIpc) is 3.24. The van der Waals surface area contributed by atoms with E-state index in [1.165, 1.54) is 36.0 Å². The molecule has 0 radical (unpaired) electrons. The molecule has 6 nitrogen and oxygen atoms in total. The minimum absolute atomic E-state index is 0.138. The number of rotatable bonds is 5. The number of hydrogen-bond donors (Lipinski definition) is 1. The lowest BCUT2D eigenvalue weighted by Gasteiger charge is -2.05. The SMILES string of the molecule is Cn1c(SCC(=O)Nc2ccc(F)cc2)nnc1-c1cc2cc(Cl)ccc2o1. The van der Waals surface area contributed by atoms with Gasteiger partial charge >= 0.3 is 0 Å². The predicted octanol–water partition coefficient (Wildman–Crippen LogP) is 4.75. The molecular formula is C19H14ClFN4O2S. The Balaban J connectivity index is 1.45. The van der Waals surface area contributed by atoms with E-state index in [-0.39, 0.29) is 17.5 Å². The number of amides is 1. The van der Waals surface area contributed by atoms with Crippen molar-refractivity contribution in [3.8, 4) is 11.6 Å². The lowest BCUT2D eigenvalue weighted by Crippen LogP contribution is -2.14. The van der Waals surface area contributed by atoms with Gasteiger partial charge in [-0.25, -0.2) is 4.39 Å². The monoisotopic (exact) mass is 416 g/mol. The molecule has 0 unspecified atom stereocenters. The van der Waals surface area contributed by atoms with E-state index in [0.717, 1.165) is 5.39 Å². The van der Waals surface area contributed by atoms with Crippen molar-refractivity contribution in [2.24, 2.45) is 7.05 Å². The zero-order valence-electron chi connectivity index (χ0n) is 14.6. The van der Waals surface area contributed by atoms with Crippen molar-refractivity contribution < 1.29 is 13.6 Å². The van der Waals surface area contributed by atoms with E-state index in [2.05, 4.69) is 15.5 Å². The first-order valence-corrected chi connectivity index (χ1v) is 9.63. The van der Waals surface area contributed by atoms with Crippen molar-refractivity contribution in [1.29, 1.82) is 0 Å². The minimum atomic E-state index is -0.355. The van der Waals surface area contributed by atoms with E-state index < -0.39 is 0 Å². The number of nitrogens with one attached hydrogen (secondary N) is 1. The number of thioether (sulfide) groups is 1. The van der Waals surface area contributed by atoms with Gasteiger partial charge in [-0.15, -0.1) is 10.2 Å². The van der Waals surface area contributed by atoms with Gasteiger partial charge in [0.15, 0.2) is 16.7 Å². The maximum atomic E-state index is 12.9. The molecule has 0 aliphatic carbocycles. The van der Waals surface area contributed by atoms with Crippen molar-refractivity contribution in [2.75, 3.05) is 11.1 Å². The summed E-state index contributed by atoms with van der Waals surface area (Å²) in [6.45, 7) is 0. The van der Waals surface area contributed by atoms with Crippen LogP contribution in [0.1, 0.15) is 0 Å². The van der Waals surface area contributed by atoms with Crippen LogP contribution in [0.4, 0.5) is 10.1 Å². The van der Waals surface area contributed by atoms with Gasteiger partial charge in [-0.3, -0.25) is 4.79 Å². The summed E-state index contributed by atoms with van der Waals surface area (Å²) < 4.78 is 20.5. The van der Waals surface area contributed by atoms with E-state index in [9.17, 15) is 9.18 Å². The molecule has 0 atom stereocenters. The third kappa shape index (κ3) is 3.88. The molecule has 2 heterocycles. The Labute approximate surface area is 168 Å². The molecule has 4 aromatic rings. The molecule has 0 saturated heterocycles. The molecule has 2 aromatic heterocycles. The fraction of sp³-hybridized carbons (Fsp3) is 0.105. The van der Waals surface area contributed by atoms with Crippen LogP contribution in [0.3, 0.4) is 0 Å². The molecule has 28 heavy (non-hydrogen) atoms. The Hall–Kier alpha value is -2.84. The van der Waals surface area contributed by atoms with Crippen LogP contribution >= 0.6 is 23.4 Å². The molecule has 2 aromatic carbocycles. The smallest absolute Gasteiger partial charge is 0.234 e. The summed E-state index contributed by atoms with van der Waals surface area (Å²) in [5, 5.41) is 13.1. The fourth-order valence-corrected chi connectivity index (χ4v) is 3.53. The highest BCUT2D eigenvalue weighted by Crippen LogP contribution is 2.30. The van der Waals surface area contributed by atoms with Crippen molar-refractivity contribution in [1.82, 2.24) is 14.8 Å². The van der Waals surface area contributed by atoms with Crippen LogP contribution in [-0.4, -0.2) is 26.4 Å². The van der Waals surface area contributed by atoms with Gasteiger partial charge < -0.3 is 14.3 Å². The number of carbonyl (C=O) groups excluding carboxylic acids is 1. The molecule has 4 rings (SSSR count). The predicted molar refractivity (Wildman–Crippen MR) is 107 cm³/mol. The molecule has 9 heteroatoms. The average molecular weight is 417 g/mol. The largest absolute Gasteiger partial charge is 0.453 e. The number of furan rings is 1. The van der Waals surface area contributed by atoms with Crippen LogP contribution in [0, 0.1) is 5.82 Å². The lowest BCUT2D eigenvalue weighted by molar-refractivity contribution is -0.113. The highest BCUT2D eigenvalue weighted by atomic mass is 35.5. The highest BCUT2D eigenvalue weighted by Gasteiger charge is 2.16. The second kappa shape index (κ2) is 7.65. The Kier molecular flexibility index (Phi) is 5.06. The molecule has 0 bridgehead atoms. The van der Waals surface area contributed by atoms with E-state index >= 15 is 0 Å². The standard InChI is InChI=1S/C19H14ClFN4O2S/c1-25-18(16-9-11-8-12(20)2-7-15(11)27-16)23-24-19(25)28-10-17(26)22-14-5-3-13(21)4-6-14/h2-9H,10H2,1H3,(H,22,26). The summed E-state index contributed by atoms with van der Waals surface area (Å²) in [6.07, 6.45) is 0. The van der Waals surface area contributed by atoms with Gasteiger partial charge in [-0.05, 0) is 48.5 Å². The summed E-state index contributed by atoms with van der Waals surface area (Å²) in [4.78, 5) is 12.1. The number of nitrogens with zero attached hydrogens (tertiary/aromatic N) is 3. The molecule has 0 aliphatic heterocycles. The fourth-order valence-electron chi connectivity index (χ4n) is 2.64. The molecule has 0 saturated carbocycles. The first kappa shape index (κ1) is 18.5. The number of halogens is 2. The zero-order valence-corrected chi connectivity index (χ0v) is 16.2. The van der Waals surface area contributed by atoms with E-state index in [1.807, 2.05) is 12.1 Å². The quantitative estimate of drug-likeness (QED) is 0.475. The molecule has 142 valence electrons. The maximum Gasteiger partial charge on any atom is 0.234 e. The Morgan fingerprint density at radius 2 is 2.00 bits per heavy atom. The number of carbonyl (C=O) groups is 1. The number of benzene rings is 2. The summed E-state index contributed by atoms with van der Waals surface area (Å²) in [5.74, 6) is 0.675. The topological polar surface area (TPSA) is 73.0 Å². The van der Waals surface area contributed by atoms with Crippen molar-refractivity contribution in [3.05, 3.63) is 59.4 Å². The first-order valence-electron chi connectivity index (χ1n) is 8.27. The highest BCUT2D eigenvalue weighted by molar-refractivity contribution is 7.99. The molecule has 0 fully saturated rings. The number of anilines is 1. The summed E-state index contributed by atoms with van der Waals surface area (Å²) in [6, 6.07) is 12.8. The Morgan fingerprint density at radius 3 is 2.79 bits per heavy atom. The molecule has 1 N–H and O–H groups in total. The van der Waals surface area contributed by atoms with Crippen LogP contribution in [-0.2, 0) is 11.8 Å². The van der Waals surface area contributed by atoms with Crippen LogP contribution < -0.4 is 5.32 Å². The molecule has 0 aliphatic rings. The lowest BCUT2D eigenvalue weighted by atomic mass is 10.2. The number of hydrogen-bond acceptors (Lipinski definition) is 5. The van der Waals surface area contributed by atoms with Gasteiger partial charge in [0.05, 0.1) is 5.75 Å². The van der Waals surface area contributed by atoms with Crippen LogP contribution in [0.25, 0.3) is 22.6 Å². The number of fused-ring (bicyclic) bond motifs is 1. The van der Waals surface area contributed by atoms with E-state index in [1.54, 1.807) is 23.7 Å². The Bertz CT molecular complexity index is 1160. The van der Waals surface area contributed by atoms with Crippen molar-refractivity contribution >= 4 is 45.9 Å². The first-order chi connectivity index (χ1) is 13.5. The van der Waals surface area contributed by atoms with Crippen LogP contribution in [0.2, 0.25) is 5.02 Å². The third-order valence-electron chi connectivity index (χ3n) is 3.99. The van der Waals surface area contributed by atoms with Crippen molar-refractivity contribution in [2.45, 2.75) is 5.16 Å². The maximum absolute atomic E-state index is 12.9. The second-order valence-corrected chi connectivity index (χ2v) is 7.38. The molecular weight excluding hydrogens is 403 g/mol. The summed E-state index contributed by atoms with van der Waals surface area (Å²) in [7, 11) is 1.80. The normalized spacial score (nSPS) is 11.1. The zero-order chi connectivity index (χ0) is 19.7. The number of aromatic nitrogens is 3. The van der Waals surface area contributed by atoms with E-state index in [0.29, 0.717) is 33.0 Å².